The van der Waals surface area contributed by atoms with Gasteiger partial charge in [0.1, 0.15) is 18.2 Å². The summed E-state index contributed by atoms with van der Waals surface area (Å²) in [6.07, 6.45) is 1.75. The van der Waals surface area contributed by atoms with Gasteiger partial charge in [-0.3, -0.25) is 0 Å². The summed E-state index contributed by atoms with van der Waals surface area (Å²) in [7, 11) is 1.94. The van der Waals surface area contributed by atoms with Crippen molar-refractivity contribution in [1.82, 2.24) is 4.90 Å². The summed E-state index contributed by atoms with van der Waals surface area (Å²) in [5, 5.41) is 0.696. The maximum absolute atomic E-state index is 13.6. The summed E-state index contributed by atoms with van der Waals surface area (Å²) in [5.74, 6) is 1.14. The lowest BCUT2D eigenvalue weighted by molar-refractivity contribution is 0.438. The van der Waals surface area contributed by atoms with Crippen LogP contribution >= 0.6 is 11.6 Å². The molecule has 0 N–H and O–H groups in total. The van der Waals surface area contributed by atoms with E-state index in [1.54, 1.807) is 18.5 Å². The third kappa shape index (κ3) is 5.46. The van der Waals surface area contributed by atoms with Crippen LogP contribution in [0.3, 0.4) is 0 Å². The quantitative estimate of drug-likeness (QED) is 0.399. The smallest absolute Gasteiger partial charge is 0.133 e. The number of ether oxygens (including phenoxy) is 1. The van der Waals surface area contributed by atoms with E-state index in [1.807, 2.05) is 44.0 Å². The molecule has 5 heteroatoms. The Balaban J connectivity index is 2.37. The molecule has 0 saturated carbocycles. The average molecular weight is 391 g/mol. The maximum atomic E-state index is 13.6. The second-order valence-corrected chi connectivity index (χ2v) is 8.10. The topological polar surface area (TPSA) is 24.8 Å². The Morgan fingerprint density at radius 3 is 2.52 bits per heavy atom. The minimum Gasteiger partial charge on any atom is -0.457 e. The fourth-order valence-electron chi connectivity index (χ4n) is 2.56. The van der Waals surface area contributed by atoms with Crippen LogP contribution in [0.5, 0.6) is 11.5 Å². The normalized spacial score (nSPS) is 11.9. The number of alkyl halides is 1. The third-order valence-corrected chi connectivity index (χ3v) is 4.72. The van der Waals surface area contributed by atoms with E-state index in [1.165, 1.54) is 0 Å². The number of nitrogens with zero attached hydrogens (tertiary/aromatic N) is 2. The van der Waals surface area contributed by atoms with Gasteiger partial charge in [-0.15, -0.1) is 0 Å². The third-order valence-electron chi connectivity index (χ3n) is 4.39. The summed E-state index contributed by atoms with van der Waals surface area (Å²) >= 11 is 6.33. The molecule has 0 aliphatic carbocycles. The van der Waals surface area contributed by atoms with Gasteiger partial charge in [0.15, 0.2) is 0 Å². The number of benzene rings is 2. The fraction of sp³-hybridized carbons (Fsp3) is 0.409. The van der Waals surface area contributed by atoms with E-state index < -0.39 is 6.67 Å². The van der Waals surface area contributed by atoms with Crippen LogP contribution in [0.1, 0.15) is 44.4 Å². The first-order valence-corrected chi connectivity index (χ1v) is 9.45. The van der Waals surface area contributed by atoms with Gasteiger partial charge in [0, 0.05) is 24.2 Å². The van der Waals surface area contributed by atoms with E-state index in [4.69, 9.17) is 16.3 Å². The number of aliphatic imine (C=N–C) groups is 1. The second kappa shape index (κ2) is 8.75. The van der Waals surface area contributed by atoms with Gasteiger partial charge in [-0.05, 0) is 60.7 Å². The number of hydrogen-bond donors (Lipinski definition) is 0. The molecule has 146 valence electrons. The van der Waals surface area contributed by atoms with Crippen molar-refractivity contribution in [3.63, 3.8) is 0 Å². The van der Waals surface area contributed by atoms with Crippen molar-refractivity contribution >= 4 is 23.6 Å². The average Bonchev–Trinajstić information content (AvgIpc) is 2.61. The van der Waals surface area contributed by atoms with Crippen LogP contribution in [0, 0.1) is 6.92 Å². The van der Waals surface area contributed by atoms with Crippen LogP contribution in [0.2, 0.25) is 5.02 Å². The fourth-order valence-corrected chi connectivity index (χ4v) is 2.96. The highest BCUT2D eigenvalue weighted by molar-refractivity contribution is 6.31. The van der Waals surface area contributed by atoms with E-state index >= 15 is 0 Å². The van der Waals surface area contributed by atoms with Gasteiger partial charge in [-0.2, -0.15) is 0 Å². The van der Waals surface area contributed by atoms with E-state index in [-0.39, 0.29) is 5.41 Å². The van der Waals surface area contributed by atoms with Gasteiger partial charge in [0.25, 0.3) is 0 Å². The predicted octanol–water partition coefficient (Wildman–Crippen LogP) is 6.82. The number of hydrogen-bond acceptors (Lipinski definition) is 2. The zero-order valence-corrected chi connectivity index (χ0v) is 17.7. The Morgan fingerprint density at radius 2 is 1.93 bits per heavy atom. The van der Waals surface area contributed by atoms with Crippen molar-refractivity contribution in [2.75, 3.05) is 13.6 Å². The van der Waals surface area contributed by atoms with Crippen LogP contribution in [-0.4, -0.2) is 24.8 Å². The van der Waals surface area contributed by atoms with Gasteiger partial charge < -0.3 is 9.64 Å². The van der Waals surface area contributed by atoms with Crippen molar-refractivity contribution in [2.24, 2.45) is 4.99 Å². The minimum absolute atomic E-state index is 0.112. The van der Waals surface area contributed by atoms with Gasteiger partial charge in [-0.1, -0.05) is 32.4 Å². The van der Waals surface area contributed by atoms with Crippen LogP contribution in [0.15, 0.2) is 35.3 Å². The van der Waals surface area contributed by atoms with Gasteiger partial charge in [0.2, 0.25) is 0 Å². The molecule has 0 radical (unpaired) electrons. The molecule has 0 unspecified atom stereocenters. The standard InChI is InChI=1S/C22H28ClFN2O/c1-7-26(6)14-25-20-11-16(13-24)21(10-15(20)2)27-17-8-9-19(23)18(12-17)22(3,4)5/h8-12,14H,7,13H2,1-6H3/b25-14+. The molecule has 0 aliphatic rings. The molecule has 0 spiro atoms. The SMILES string of the molecule is CCN(C)/C=N/c1cc(CF)c(Oc2ccc(Cl)c(C(C)(C)C)c2)cc1C. The van der Waals surface area contributed by atoms with Gasteiger partial charge in [-0.25, -0.2) is 9.38 Å². The molecule has 0 aromatic heterocycles. The highest BCUT2D eigenvalue weighted by Gasteiger charge is 2.19. The lowest BCUT2D eigenvalue weighted by atomic mass is 9.87. The highest BCUT2D eigenvalue weighted by atomic mass is 35.5. The summed E-state index contributed by atoms with van der Waals surface area (Å²) in [6.45, 7) is 10.5. The van der Waals surface area contributed by atoms with E-state index in [0.29, 0.717) is 22.1 Å². The van der Waals surface area contributed by atoms with Crippen molar-refractivity contribution in [1.29, 1.82) is 0 Å². The highest BCUT2D eigenvalue weighted by Crippen LogP contribution is 2.36. The molecule has 0 bridgehead atoms. The Hall–Kier alpha value is -2.07. The van der Waals surface area contributed by atoms with E-state index in [9.17, 15) is 4.39 Å². The van der Waals surface area contributed by atoms with Gasteiger partial charge >= 0.3 is 0 Å². The number of aryl methyl sites for hydroxylation is 1. The van der Waals surface area contributed by atoms with Crippen molar-refractivity contribution in [3.8, 4) is 11.5 Å². The Morgan fingerprint density at radius 1 is 1.22 bits per heavy atom. The molecule has 0 amide bonds. The summed E-state index contributed by atoms with van der Waals surface area (Å²) < 4.78 is 19.6. The van der Waals surface area contributed by atoms with E-state index in [0.717, 1.165) is 23.4 Å². The monoisotopic (exact) mass is 390 g/mol. The zero-order valence-electron chi connectivity index (χ0n) is 16.9. The zero-order chi connectivity index (χ0) is 20.2. The molecule has 0 fully saturated rings. The first-order valence-electron chi connectivity index (χ1n) is 9.07. The molecule has 2 rings (SSSR count). The summed E-state index contributed by atoms with van der Waals surface area (Å²) in [5.41, 5.74) is 3.01. The molecule has 0 heterocycles. The minimum atomic E-state index is -0.624. The lowest BCUT2D eigenvalue weighted by Crippen LogP contribution is -2.14. The predicted molar refractivity (Wildman–Crippen MR) is 113 cm³/mol. The van der Waals surface area contributed by atoms with Crippen LogP contribution in [-0.2, 0) is 12.1 Å². The van der Waals surface area contributed by atoms with Crippen LogP contribution in [0.4, 0.5) is 10.1 Å². The molecule has 0 aliphatic heterocycles. The first kappa shape index (κ1) is 21.2. The first-order chi connectivity index (χ1) is 12.7. The number of rotatable bonds is 6. The molecule has 2 aromatic rings. The molecular weight excluding hydrogens is 363 g/mol. The molecule has 0 atom stereocenters. The largest absolute Gasteiger partial charge is 0.457 e. The van der Waals surface area contributed by atoms with Gasteiger partial charge in [0.05, 0.1) is 12.0 Å². The lowest BCUT2D eigenvalue weighted by Gasteiger charge is -2.22. The maximum Gasteiger partial charge on any atom is 0.133 e. The summed E-state index contributed by atoms with van der Waals surface area (Å²) in [6, 6.07) is 9.11. The number of halogens is 2. The molecular formula is C22H28ClFN2O. The van der Waals surface area contributed by atoms with E-state index in [2.05, 4.69) is 25.8 Å². The van der Waals surface area contributed by atoms with Crippen LogP contribution in [0.25, 0.3) is 0 Å². The molecule has 2 aromatic carbocycles. The second-order valence-electron chi connectivity index (χ2n) is 7.69. The van der Waals surface area contributed by atoms with Crippen molar-refractivity contribution in [3.05, 3.63) is 52.0 Å². The molecule has 3 nitrogen and oxygen atoms in total. The molecule has 27 heavy (non-hydrogen) atoms. The Labute approximate surface area is 166 Å². The van der Waals surface area contributed by atoms with Crippen molar-refractivity contribution in [2.45, 2.75) is 46.7 Å². The summed E-state index contributed by atoms with van der Waals surface area (Å²) in [4.78, 5) is 6.41. The Bertz CT molecular complexity index is 828. The van der Waals surface area contributed by atoms with Crippen molar-refractivity contribution < 1.29 is 9.13 Å². The van der Waals surface area contributed by atoms with Crippen LogP contribution < -0.4 is 4.74 Å². The Kier molecular flexibility index (Phi) is 6.88. The molecule has 0 saturated heterocycles.